The first-order valence-corrected chi connectivity index (χ1v) is 13.2. The fourth-order valence-electron chi connectivity index (χ4n) is 4.21. The van der Waals surface area contributed by atoms with E-state index in [2.05, 4.69) is 10.6 Å². The number of halogens is 1. The lowest BCUT2D eigenvalue weighted by atomic mass is 10.1. The summed E-state index contributed by atoms with van der Waals surface area (Å²) < 4.78 is 10.5. The molecule has 0 saturated heterocycles. The van der Waals surface area contributed by atoms with Gasteiger partial charge in [-0.3, -0.25) is 14.4 Å². The summed E-state index contributed by atoms with van der Waals surface area (Å²) in [7, 11) is 1.24. The molecule has 1 aliphatic heterocycles. The molecule has 3 amide bonds. The number of carbonyl (C=O) groups is 4. The number of para-hydroxylation sites is 1. The number of carbonyl (C=O) groups excluding carboxylic acids is 4. The molecule has 4 aromatic rings. The maximum atomic E-state index is 13.1. The Bertz CT molecular complexity index is 1690. The van der Waals surface area contributed by atoms with Gasteiger partial charge in [0, 0.05) is 11.4 Å². The van der Waals surface area contributed by atoms with Crippen LogP contribution in [0.1, 0.15) is 15.9 Å². The minimum atomic E-state index is -0.723. The van der Waals surface area contributed by atoms with E-state index in [0.717, 1.165) is 16.2 Å². The Morgan fingerprint density at radius 2 is 1.45 bits per heavy atom. The van der Waals surface area contributed by atoms with Gasteiger partial charge in [-0.25, -0.2) is 9.69 Å². The summed E-state index contributed by atoms with van der Waals surface area (Å²) in [5.41, 5.74) is 2.12. The quantitative estimate of drug-likeness (QED) is 0.187. The number of hydrogen-bond acceptors (Lipinski definition) is 7. The Balaban J connectivity index is 1.18. The van der Waals surface area contributed by atoms with Crippen molar-refractivity contribution in [1.82, 2.24) is 0 Å². The van der Waals surface area contributed by atoms with Crippen LogP contribution in [0.4, 0.5) is 17.1 Å². The minimum absolute atomic E-state index is 0.102. The molecular weight excluding hydrogens is 558 g/mol. The number of nitrogens with zero attached hydrogens (tertiary/aromatic N) is 1. The summed E-state index contributed by atoms with van der Waals surface area (Å²) in [6, 6.07) is 29.2. The lowest BCUT2D eigenvalue weighted by Gasteiger charge is -2.16. The van der Waals surface area contributed by atoms with Crippen LogP contribution in [0.3, 0.4) is 0 Å². The monoisotopic (exact) mass is 581 g/mol. The molecule has 42 heavy (non-hydrogen) atoms. The first-order chi connectivity index (χ1) is 20.3. The number of nitrogens with one attached hydrogen (secondary N) is 2. The van der Waals surface area contributed by atoms with Gasteiger partial charge in [0.05, 0.1) is 24.8 Å². The van der Waals surface area contributed by atoms with E-state index in [1.165, 1.54) is 31.4 Å². The van der Waals surface area contributed by atoms with Crippen molar-refractivity contribution in [2.45, 2.75) is 6.42 Å². The van der Waals surface area contributed by atoms with Gasteiger partial charge in [0.15, 0.2) is 0 Å². The standard InChI is InChI=1S/C32H24ClN3O6/c1-41-32(40)21-6-5-7-24(19-21)36-30(38)28(33)29(31(36)39)35-23-12-10-20(11-13-23)18-27(37)34-22-14-16-26(17-15-22)42-25-8-3-2-4-9-25/h2-17,19,35H,18H2,1H3,(H,34,37). The van der Waals surface area contributed by atoms with Crippen molar-refractivity contribution in [3.63, 3.8) is 0 Å². The highest BCUT2D eigenvalue weighted by Gasteiger charge is 2.39. The molecule has 0 aliphatic carbocycles. The third-order valence-corrected chi connectivity index (χ3v) is 6.61. The van der Waals surface area contributed by atoms with Gasteiger partial charge >= 0.3 is 5.97 Å². The zero-order chi connectivity index (χ0) is 29.6. The number of ether oxygens (including phenoxy) is 2. The predicted molar refractivity (Wildman–Crippen MR) is 159 cm³/mol. The lowest BCUT2D eigenvalue weighted by Crippen LogP contribution is -2.32. The topological polar surface area (TPSA) is 114 Å². The summed E-state index contributed by atoms with van der Waals surface area (Å²) >= 11 is 6.23. The third kappa shape index (κ3) is 6.32. The van der Waals surface area contributed by atoms with Crippen LogP contribution in [0.5, 0.6) is 11.5 Å². The van der Waals surface area contributed by atoms with Crippen LogP contribution in [0.15, 0.2) is 114 Å². The SMILES string of the molecule is COC(=O)c1cccc(N2C(=O)C(Cl)=C(Nc3ccc(CC(=O)Nc4ccc(Oc5ccccc5)cc4)cc3)C2=O)c1. The van der Waals surface area contributed by atoms with E-state index in [4.69, 9.17) is 21.1 Å². The molecule has 210 valence electrons. The first-order valence-electron chi connectivity index (χ1n) is 12.8. The second kappa shape index (κ2) is 12.4. The van der Waals surface area contributed by atoms with Gasteiger partial charge in [-0.05, 0) is 72.3 Å². The van der Waals surface area contributed by atoms with E-state index in [-0.39, 0.29) is 34.3 Å². The van der Waals surface area contributed by atoms with Crippen molar-refractivity contribution < 1.29 is 28.7 Å². The third-order valence-electron chi connectivity index (χ3n) is 6.26. The molecule has 10 heteroatoms. The second-order valence-corrected chi connectivity index (χ2v) is 9.54. The van der Waals surface area contributed by atoms with Crippen molar-refractivity contribution in [3.8, 4) is 11.5 Å². The first kappa shape index (κ1) is 28.1. The molecule has 0 fully saturated rings. The average molecular weight is 582 g/mol. The molecule has 0 radical (unpaired) electrons. The van der Waals surface area contributed by atoms with E-state index in [0.29, 0.717) is 17.1 Å². The van der Waals surface area contributed by atoms with Gasteiger partial charge in [0.2, 0.25) is 5.91 Å². The highest BCUT2D eigenvalue weighted by Crippen LogP contribution is 2.31. The van der Waals surface area contributed by atoms with Crippen LogP contribution < -0.4 is 20.3 Å². The van der Waals surface area contributed by atoms with Crippen LogP contribution in [-0.2, 0) is 25.5 Å². The van der Waals surface area contributed by atoms with Gasteiger partial charge in [-0.1, -0.05) is 48.0 Å². The van der Waals surface area contributed by atoms with Crippen molar-refractivity contribution in [2.24, 2.45) is 0 Å². The van der Waals surface area contributed by atoms with Gasteiger partial charge < -0.3 is 20.1 Å². The van der Waals surface area contributed by atoms with E-state index < -0.39 is 17.8 Å². The molecule has 4 aromatic carbocycles. The van der Waals surface area contributed by atoms with Crippen molar-refractivity contribution in [2.75, 3.05) is 22.6 Å². The summed E-state index contributed by atoms with van der Waals surface area (Å²) in [4.78, 5) is 51.3. The molecule has 1 heterocycles. The Hall–Kier alpha value is -5.41. The van der Waals surface area contributed by atoms with Crippen molar-refractivity contribution in [1.29, 1.82) is 0 Å². The number of amides is 3. The van der Waals surface area contributed by atoms with Crippen LogP contribution in [-0.4, -0.2) is 30.8 Å². The van der Waals surface area contributed by atoms with Crippen LogP contribution in [0.25, 0.3) is 0 Å². The number of imide groups is 1. The summed E-state index contributed by atoms with van der Waals surface area (Å²) in [6.07, 6.45) is 0.119. The molecular formula is C32H24ClN3O6. The van der Waals surface area contributed by atoms with Gasteiger partial charge in [0.1, 0.15) is 22.2 Å². The largest absolute Gasteiger partial charge is 0.465 e. The molecule has 0 bridgehead atoms. The normalized spacial score (nSPS) is 12.8. The highest BCUT2D eigenvalue weighted by molar-refractivity contribution is 6.53. The fraction of sp³-hybridized carbons (Fsp3) is 0.0625. The molecule has 0 spiro atoms. The second-order valence-electron chi connectivity index (χ2n) is 9.16. The average Bonchev–Trinajstić information content (AvgIpc) is 3.22. The highest BCUT2D eigenvalue weighted by atomic mass is 35.5. The fourth-order valence-corrected chi connectivity index (χ4v) is 4.42. The zero-order valence-electron chi connectivity index (χ0n) is 22.3. The van der Waals surface area contributed by atoms with Crippen molar-refractivity contribution in [3.05, 3.63) is 125 Å². The molecule has 0 aromatic heterocycles. The Morgan fingerprint density at radius 3 is 2.14 bits per heavy atom. The zero-order valence-corrected chi connectivity index (χ0v) is 23.1. The molecule has 5 rings (SSSR count). The van der Waals surface area contributed by atoms with Gasteiger partial charge in [-0.15, -0.1) is 0 Å². The van der Waals surface area contributed by atoms with Crippen LogP contribution in [0, 0.1) is 0 Å². The number of anilines is 3. The number of rotatable bonds is 9. The molecule has 0 saturated carbocycles. The number of esters is 1. The Morgan fingerprint density at radius 1 is 0.786 bits per heavy atom. The molecule has 2 N–H and O–H groups in total. The number of benzene rings is 4. The lowest BCUT2D eigenvalue weighted by molar-refractivity contribution is -0.120. The van der Waals surface area contributed by atoms with Crippen LogP contribution in [0.2, 0.25) is 0 Å². The molecule has 1 aliphatic rings. The number of methoxy groups -OCH3 is 1. The maximum absolute atomic E-state index is 13.1. The van der Waals surface area contributed by atoms with Crippen LogP contribution >= 0.6 is 11.6 Å². The summed E-state index contributed by atoms with van der Waals surface area (Å²) in [5.74, 6) is -0.835. The molecule has 0 unspecified atom stereocenters. The predicted octanol–water partition coefficient (Wildman–Crippen LogP) is 5.88. The van der Waals surface area contributed by atoms with Gasteiger partial charge in [0.25, 0.3) is 11.8 Å². The Labute approximate surface area is 246 Å². The molecule has 0 atom stereocenters. The van der Waals surface area contributed by atoms with E-state index >= 15 is 0 Å². The summed E-state index contributed by atoms with van der Waals surface area (Å²) in [5, 5.41) is 5.46. The molecule has 9 nitrogen and oxygen atoms in total. The minimum Gasteiger partial charge on any atom is -0.465 e. The van der Waals surface area contributed by atoms with Gasteiger partial charge in [-0.2, -0.15) is 0 Å². The van der Waals surface area contributed by atoms with E-state index in [1.54, 1.807) is 48.5 Å². The smallest absolute Gasteiger partial charge is 0.337 e. The van der Waals surface area contributed by atoms with Crippen molar-refractivity contribution >= 4 is 52.4 Å². The van der Waals surface area contributed by atoms with E-state index in [1.807, 2.05) is 30.3 Å². The Kier molecular flexibility index (Phi) is 8.31. The van der Waals surface area contributed by atoms with E-state index in [9.17, 15) is 19.2 Å². The number of hydrogen-bond donors (Lipinski definition) is 2. The maximum Gasteiger partial charge on any atom is 0.337 e. The summed E-state index contributed by atoms with van der Waals surface area (Å²) in [6.45, 7) is 0.